The summed E-state index contributed by atoms with van der Waals surface area (Å²) in [6.07, 6.45) is 0. The van der Waals surface area contributed by atoms with Gasteiger partial charge in [-0.3, -0.25) is 0 Å². The van der Waals surface area contributed by atoms with Gasteiger partial charge >= 0.3 is 5.97 Å². The minimum absolute atomic E-state index is 0.490. The molecule has 0 saturated heterocycles. The molecule has 1 aromatic rings. The first kappa shape index (κ1) is 8.74. The lowest BCUT2D eigenvalue weighted by Crippen LogP contribution is -2.11. The fourth-order valence-corrected chi connectivity index (χ4v) is 1.04. The van der Waals surface area contributed by atoms with Crippen molar-refractivity contribution in [3.8, 4) is 0 Å². The number of nitrogens with two attached hydrogens (primary N) is 1. The van der Waals surface area contributed by atoms with Crippen molar-refractivity contribution in [3.05, 3.63) is 34.9 Å². The van der Waals surface area contributed by atoms with E-state index in [0.717, 1.165) is 11.1 Å². The zero-order valence-corrected chi connectivity index (χ0v) is 7.13. The molecular weight excluding hydrogens is 154 g/mol. The molecule has 0 saturated carbocycles. The van der Waals surface area contributed by atoms with E-state index in [1.807, 2.05) is 19.9 Å². The molecular formula is C9H11NO2. The van der Waals surface area contributed by atoms with Gasteiger partial charge < -0.3 is 4.84 Å². The minimum atomic E-state index is -0.490. The summed E-state index contributed by atoms with van der Waals surface area (Å²) in [7, 11) is 0. The Kier molecular flexibility index (Phi) is 2.45. The Morgan fingerprint density at radius 2 is 2.08 bits per heavy atom. The SMILES string of the molecule is Cc1cccc(C(=O)ON)c1C. The Bertz CT molecular complexity index is 307. The first-order chi connectivity index (χ1) is 5.66. The largest absolute Gasteiger partial charge is 0.370 e. The van der Waals surface area contributed by atoms with Crippen LogP contribution in [0.25, 0.3) is 0 Å². The summed E-state index contributed by atoms with van der Waals surface area (Å²) < 4.78 is 0. The second kappa shape index (κ2) is 3.36. The lowest BCUT2D eigenvalue weighted by atomic mass is 10.0. The van der Waals surface area contributed by atoms with Crippen molar-refractivity contribution in [3.63, 3.8) is 0 Å². The van der Waals surface area contributed by atoms with Crippen molar-refractivity contribution in [1.82, 2.24) is 0 Å². The van der Waals surface area contributed by atoms with Gasteiger partial charge in [-0.15, -0.1) is 0 Å². The molecule has 0 unspecified atom stereocenters. The van der Waals surface area contributed by atoms with E-state index in [1.165, 1.54) is 0 Å². The Labute approximate surface area is 71.1 Å². The van der Waals surface area contributed by atoms with Gasteiger partial charge in [0.25, 0.3) is 0 Å². The summed E-state index contributed by atoms with van der Waals surface area (Å²) in [5.41, 5.74) is 2.49. The van der Waals surface area contributed by atoms with E-state index in [-0.39, 0.29) is 0 Å². The van der Waals surface area contributed by atoms with E-state index >= 15 is 0 Å². The van der Waals surface area contributed by atoms with E-state index in [9.17, 15) is 4.79 Å². The summed E-state index contributed by atoms with van der Waals surface area (Å²) in [5.74, 6) is 4.28. The fourth-order valence-electron chi connectivity index (χ4n) is 1.04. The minimum Gasteiger partial charge on any atom is -0.370 e. The average Bonchev–Trinajstić information content (AvgIpc) is 2.08. The zero-order valence-electron chi connectivity index (χ0n) is 7.13. The fraction of sp³-hybridized carbons (Fsp3) is 0.222. The second-order valence-electron chi connectivity index (χ2n) is 2.65. The van der Waals surface area contributed by atoms with Crippen molar-refractivity contribution >= 4 is 5.97 Å². The van der Waals surface area contributed by atoms with Crippen LogP contribution in [0.4, 0.5) is 0 Å². The first-order valence-corrected chi connectivity index (χ1v) is 3.64. The number of rotatable bonds is 1. The summed E-state index contributed by atoms with van der Waals surface area (Å²) in [6, 6.07) is 5.43. The molecule has 0 atom stereocenters. The maximum absolute atomic E-state index is 11.0. The molecule has 0 heterocycles. The molecule has 12 heavy (non-hydrogen) atoms. The van der Waals surface area contributed by atoms with Crippen LogP contribution >= 0.6 is 0 Å². The second-order valence-corrected chi connectivity index (χ2v) is 2.65. The van der Waals surface area contributed by atoms with Gasteiger partial charge in [-0.1, -0.05) is 12.1 Å². The summed E-state index contributed by atoms with van der Waals surface area (Å²) in [5, 5.41) is 0. The van der Waals surface area contributed by atoms with Crippen LogP contribution in [0.1, 0.15) is 21.5 Å². The highest BCUT2D eigenvalue weighted by Crippen LogP contribution is 2.12. The van der Waals surface area contributed by atoms with Crippen molar-refractivity contribution in [2.24, 2.45) is 5.90 Å². The molecule has 0 radical (unpaired) electrons. The maximum atomic E-state index is 11.0. The number of aryl methyl sites for hydroxylation is 1. The highest BCUT2D eigenvalue weighted by Gasteiger charge is 2.09. The Morgan fingerprint density at radius 3 is 2.67 bits per heavy atom. The van der Waals surface area contributed by atoms with Crippen molar-refractivity contribution in [2.75, 3.05) is 0 Å². The molecule has 3 nitrogen and oxygen atoms in total. The quantitative estimate of drug-likeness (QED) is 0.639. The van der Waals surface area contributed by atoms with Gasteiger partial charge in [-0.25, -0.2) is 4.79 Å². The third-order valence-corrected chi connectivity index (χ3v) is 1.93. The predicted octanol–water partition coefficient (Wildman–Crippen LogP) is 1.33. The first-order valence-electron chi connectivity index (χ1n) is 3.64. The molecule has 1 aromatic carbocycles. The lowest BCUT2D eigenvalue weighted by Gasteiger charge is -2.04. The van der Waals surface area contributed by atoms with Crippen LogP contribution in [0.5, 0.6) is 0 Å². The van der Waals surface area contributed by atoms with Gasteiger partial charge in [0.05, 0.1) is 5.56 Å². The molecule has 0 amide bonds. The topological polar surface area (TPSA) is 52.3 Å². The molecule has 0 aromatic heterocycles. The maximum Gasteiger partial charge on any atom is 0.356 e. The van der Waals surface area contributed by atoms with E-state index in [1.54, 1.807) is 12.1 Å². The van der Waals surface area contributed by atoms with Crippen LogP contribution in [-0.4, -0.2) is 5.97 Å². The third kappa shape index (κ3) is 1.46. The van der Waals surface area contributed by atoms with Gasteiger partial charge in [0.15, 0.2) is 0 Å². The highest BCUT2D eigenvalue weighted by molar-refractivity contribution is 5.91. The molecule has 0 spiro atoms. The number of carbonyl (C=O) groups excluding carboxylic acids is 1. The van der Waals surface area contributed by atoms with Crippen LogP contribution < -0.4 is 5.90 Å². The standard InChI is InChI=1S/C9H11NO2/c1-6-4-3-5-8(7(6)2)9(11)12-10/h3-5H,10H2,1-2H3. The normalized spacial score (nSPS) is 9.58. The Balaban J connectivity index is 3.16. The summed E-state index contributed by atoms with van der Waals surface area (Å²) in [6.45, 7) is 3.80. The van der Waals surface area contributed by atoms with Crippen molar-refractivity contribution in [1.29, 1.82) is 0 Å². The van der Waals surface area contributed by atoms with E-state index in [2.05, 4.69) is 4.84 Å². The molecule has 3 heteroatoms. The molecule has 0 aliphatic rings. The number of hydrogen-bond donors (Lipinski definition) is 1. The molecule has 2 N–H and O–H groups in total. The molecule has 0 aliphatic carbocycles. The van der Waals surface area contributed by atoms with Gasteiger partial charge in [-0.05, 0) is 31.0 Å². The van der Waals surface area contributed by atoms with Gasteiger partial charge in [-0.2, -0.15) is 5.90 Å². The van der Waals surface area contributed by atoms with Crippen LogP contribution in [0.2, 0.25) is 0 Å². The zero-order chi connectivity index (χ0) is 9.14. The summed E-state index contributed by atoms with van der Waals surface area (Å²) >= 11 is 0. The Morgan fingerprint density at radius 1 is 1.42 bits per heavy atom. The van der Waals surface area contributed by atoms with Gasteiger partial charge in [0.1, 0.15) is 0 Å². The molecule has 1 rings (SSSR count). The lowest BCUT2D eigenvalue weighted by molar-refractivity contribution is 0.0502. The van der Waals surface area contributed by atoms with Gasteiger partial charge in [0.2, 0.25) is 0 Å². The molecule has 0 aliphatic heterocycles. The third-order valence-electron chi connectivity index (χ3n) is 1.93. The van der Waals surface area contributed by atoms with Crippen LogP contribution in [-0.2, 0) is 4.84 Å². The number of benzene rings is 1. The smallest absolute Gasteiger partial charge is 0.356 e. The monoisotopic (exact) mass is 165 g/mol. The van der Waals surface area contributed by atoms with E-state index in [0.29, 0.717) is 5.56 Å². The molecule has 0 fully saturated rings. The highest BCUT2D eigenvalue weighted by atomic mass is 16.7. The molecule has 64 valence electrons. The van der Waals surface area contributed by atoms with Crippen molar-refractivity contribution in [2.45, 2.75) is 13.8 Å². The summed E-state index contributed by atoms with van der Waals surface area (Å²) in [4.78, 5) is 15.2. The predicted molar refractivity (Wildman–Crippen MR) is 45.5 cm³/mol. The van der Waals surface area contributed by atoms with Crippen molar-refractivity contribution < 1.29 is 9.63 Å². The number of hydrogen-bond acceptors (Lipinski definition) is 3. The van der Waals surface area contributed by atoms with Crippen LogP contribution in [0.3, 0.4) is 0 Å². The van der Waals surface area contributed by atoms with Crippen LogP contribution in [0.15, 0.2) is 18.2 Å². The number of carbonyl (C=O) groups is 1. The molecule has 0 bridgehead atoms. The van der Waals surface area contributed by atoms with Crippen LogP contribution in [0, 0.1) is 13.8 Å². The average molecular weight is 165 g/mol. The Hall–Kier alpha value is -1.35. The van der Waals surface area contributed by atoms with E-state index in [4.69, 9.17) is 5.90 Å². The van der Waals surface area contributed by atoms with Gasteiger partial charge in [0, 0.05) is 0 Å². The van der Waals surface area contributed by atoms with E-state index < -0.39 is 5.97 Å².